The number of aliphatic hydroxyl groups excluding tert-OH is 1. The fraction of sp³-hybridized carbons (Fsp3) is 0.300. The van der Waals surface area contributed by atoms with E-state index in [1.807, 2.05) is 19.1 Å². The number of hydrogen-bond acceptors (Lipinski definition) is 3. The Bertz CT molecular complexity index is 294. The lowest BCUT2D eigenvalue weighted by atomic mass is 10.1. The lowest BCUT2D eigenvalue weighted by Crippen LogP contribution is -2.13. The van der Waals surface area contributed by atoms with Gasteiger partial charge >= 0.3 is 5.97 Å². The summed E-state index contributed by atoms with van der Waals surface area (Å²) in [5.41, 5.74) is 0.962. The van der Waals surface area contributed by atoms with Gasteiger partial charge in [0.05, 0.1) is 0 Å². The summed E-state index contributed by atoms with van der Waals surface area (Å²) in [6.07, 6.45) is 0.800. The van der Waals surface area contributed by atoms with Gasteiger partial charge in [0.1, 0.15) is 12.4 Å². The first kappa shape index (κ1) is 9.74. The molecule has 1 aromatic rings. The summed E-state index contributed by atoms with van der Waals surface area (Å²) in [4.78, 5) is 10.8. The molecule has 0 aromatic heterocycles. The Morgan fingerprint density at radius 1 is 1.46 bits per heavy atom. The Labute approximate surface area is 77.0 Å². The van der Waals surface area contributed by atoms with E-state index >= 15 is 0 Å². The topological polar surface area (TPSA) is 46.5 Å². The van der Waals surface area contributed by atoms with Crippen molar-refractivity contribution in [2.45, 2.75) is 13.3 Å². The van der Waals surface area contributed by atoms with Crippen molar-refractivity contribution >= 4 is 5.97 Å². The minimum Gasteiger partial charge on any atom is -0.425 e. The van der Waals surface area contributed by atoms with Gasteiger partial charge in [-0.2, -0.15) is 0 Å². The van der Waals surface area contributed by atoms with Crippen LogP contribution in [0.2, 0.25) is 0 Å². The minimum absolute atomic E-state index is 0.532. The van der Waals surface area contributed by atoms with E-state index in [1.165, 1.54) is 0 Å². The summed E-state index contributed by atoms with van der Waals surface area (Å²) >= 11 is 0. The van der Waals surface area contributed by atoms with Crippen molar-refractivity contribution in [1.82, 2.24) is 0 Å². The summed E-state index contributed by atoms with van der Waals surface area (Å²) in [7, 11) is 0. The molecule has 1 aromatic carbocycles. The molecule has 0 heterocycles. The van der Waals surface area contributed by atoms with E-state index in [1.54, 1.807) is 12.1 Å². The van der Waals surface area contributed by atoms with Crippen LogP contribution in [0.3, 0.4) is 0 Å². The third-order valence-corrected chi connectivity index (χ3v) is 1.71. The van der Waals surface area contributed by atoms with E-state index in [2.05, 4.69) is 0 Å². The average molecular weight is 180 g/mol. The Kier molecular flexibility index (Phi) is 3.46. The van der Waals surface area contributed by atoms with E-state index in [4.69, 9.17) is 9.84 Å². The van der Waals surface area contributed by atoms with Crippen molar-refractivity contribution in [1.29, 1.82) is 0 Å². The van der Waals surface area contributed by atoms with Gasteiger partial charge in [0.25, 0.3) is 0 Å². The maximum absolute atomic E-state index is 10.8. The van der Waals surface area contributed by atoms with Gasteiger partial charge in [-0.25, -0.2) is 4.79 Å². The van der Waals surface area contributed by atoms with Gasteiger partial charge in [-0.3, -0.25) is 0 Å². The quantitative estimate of drug-likeness (QED) is 0.560. The molecule has 0 unspecified atom stereocenters. The van der Waals surface area contributed by atoms with Gasteiger partial charge in [-0.05, 0) is 18.1 Å². The standard InChI is InChI=1S/C10H12O3/c1-2-8-5-3-4-6-9(8)13-10(12)7-11/h3-6,11H,2,7H2,1H3. The van der Waals surface area contributed by atoms with Crippen molar-refractivity contribution in [3.63, 3.8) is 0 Å². The molecular formula is C10H12O3. The molecule has 13 heavy (non-hydrogen) atoms. The zero-order chi connectivity index (χ0) is 9.68. The second-order valence-electron chi connectivity index (χ2n) is 2.59. The first-order valence-electron chi connectivity index (χ1n) is 4.17. The molecule has 0 amide bonds. The number of ether oxygens (including phenoxy) is 1. The number of rotatable bonds is 3. The van der Waals surface area contributed by atoms with Gasteiger partial charge in [-0.15, -0.1) is 0 Å². The highest BCUT2D eigenvalue weighted by Crippen LogP contribution is 2.18. The molecule has 1 rings (SSSR count). The smallest absolute Gasteiger partial charge is 0.337 e. The van der Waals surface area contributed by atoms with Gasteiger partial charge in [0.2, 0.25) is 0 Å². The summed E-state index contributed by atoms with van der Waals surface area (Å²) < 4.78 is 4.90. The average Bonchev–Trinajstić information content (AvgIpc) is 2.18. The fourth-order valence-electron chi connectivity index (χ4n) is 1.05. The van der Waals surface area contributed by atoms with E-state index < -0.39 is 12.6 Å². The highest BCUT2D eigenvalue weighted by atomic mass is 16.5. The van der Waals surface area contributed by atoms with Crippen LogP contribution in [0.4, 0.5) is 0 Å². The van der Waals surface area contributed by atoms with Crippen LogP contribution in [-0.4, -0.2) is 17.7 Å². The molecule has 0 saturated heterocycles. The molecule has 0 aliphatic rings. The molecular weight excluding hydrogens is 168 g/mol. The van der Waals surface area contributed by atoms with Crippen molar-refractivity contribution in [3.05, 3.63) is 29.8 Å². The number of carbonyl (C=O) groups excluding carboxylic acids is 1. The molecule has 3 nitrogen and oxygen atoms in total. The molecule has 0 bridgehead atoms. The molecule has 0 atom stereocenters. The lowest BCUT2D eigenvalue weighted by molar-refractivity contribution is -0.137. The van der Waals surface area contributed by atoms with Crippen LogP contribution in [0, 0.1) is 0 Å². The maximum Gasteiger partial charge on any atom is 0.337 e. The monoisotopic (exact) mass is 180 g/mol. The van der Waals surface area contributed by atoms with Gasteiger partial charge in [0, 0.05) is 0 Å². The van der Waals surface area contributed by atoms with Crippen molar-refractivity contribution in [2.75, 3.05) is 6.61 Å². The molecule has 1 N–H and O–H groups in total. The summed E-state index contributed by atoms with van der Waals surface area (Å²) in [6.45, 7) is 1.39. The number of aliphatic hydroxyl groups is 1. The van der Waals surface area contributed by atoms with Crippen LogP contribution in [-0.2, 0) is 11.2 Å². The minimum atomic E-state index is -0.624. The van der Waals surface area contributed by atoms with Crippen LogP contribution >= 0.6 is 0 Å². The van der Waals surface area contributed by atoms with E-state index in [-0.39, 0.29) is 0 Å². The molecule has 0 aliphatic heterocycles. The highest BCUT2D eigenvalue weighted by molar-refractivity contribution is 5.73. The number of esters is 1. The third-order valence-electron chi connectivity index (χ3n) is 1.71. The van der Waals surface area contributed by atoms with Crippen LogP contribution in [0.15, 0.2) is 24.3 Å². The second-order valence-corrected chi connectivity index (χ2v) is 2.59. The van der Waals surface area contributed by atoms with Gasteiger partial charge < -0.3 is 9.84 Å². The second kappa shape index (κ2) is 4.62. The summed E-state index contributed by atoms with van der Waals surface area (Å²) in [5, 5.41) is 8.49. The lowest BCUT2D eigenvalue weighted by Gasteiger charge is -2.06. The number of aryl methyl sites for hydroxylation is 1. The number of para-hydroxylation sites is 1. The Morgan fingerprint density at radius 2 is 2.15 bits per heavy atom. The predicted octanol–water partition coefficient (Wildman–Crippen LogP) is 1.15. The van der Waals surface area contributed by atoms with E-state index in [0.29, 0.717) is 5.75 Å². The molecule has 0 radical (unpaired) electrons. The van der Waals surface area contributed by atoms with Crippen LogP contribution < -0.4 is 4.74 Å². The zero-order valence-electron chi connectivity index (χ0n) is 7.49. The zero-order valence-corrected chi connectivity index (χ0v) is 7.49. The Hall–Kier alpha value is -1.35. The Morgan fingerprint density at radius 3 is 2.77 bits per heavy atom. The number of carbonyl (C=O) groups is 1. The van der Waals surface area contributed by atoms with Gasteiger partial charge in [0.15, 0.2) is 0 Å². The summed E-state index contributed by atoms with van der Waals surface area (Å²) in [5.74, 6) is -0.0926. The highest BCUT2D eigenvalue weighted by Gasteiger charge is 2.05. The first-order chi connectivity index (χ1) is 6.27. The maximum atomic E-state index is 10.8. The predicted molar refractivity (Wildman–Crippen MR) is 48.5 cm³/mol. The molecule has 3 heteroatoms. The Balaban J connectivity index is 2.81. The van der Waals surface area contributed by atoms with E-state index in [0.717, 1.165) is 12.0 Å². The van der Waals surface area contributed by atoms with Crippen molar-refractivity contribution in [3.8, 4) is 5.75 Å². The molecule has 0 fully saturated rings. The van der Waals surface area contributed by atoms with Crippen molar-refractivity contribution < 1.29 is 14.6 Å². The van der Waals surface area contributed by atoms with Crippen LogP contribution in [0.1, 0.15) is 12.5 Å². The number of benzene rings is 1. The normalized spacial score (nSPS) is 9.69. The molecule has 70 valence electrons. The van der Waals surface area contributed by atoms with Crippen LogP contribution in [0.5, 0.6) is 5.75 Å². The molecule has 0 spiro atoms. The first-order valence-corrected chi connectivity index (χ1v) is 4.17. The SMILES string of the molecule is CCc1ccccc1OC(=O)CO. The summed E-state index contributed by atoms with van der Waals surface area (Å²) in [6, 6.07) is 7.28. The fourth-order valence-corrected chi connectivity index (χ4v) is 1.05. The van der Waals surface area contributed by atoms with Crippen LogP contribution in [0.25, 0.3) is 0 Å². The number of hydrogen-bond donors (Lipinski definition) is 1. The third kappa shape index (κ3) is 2.56. The van der Waals surface area contributed by atoms with E-state index in [9.17, 15) is 4.79 Å². The molecule has 0 aliphatic carbocycles. The van der Waals surface area contributed by atoms with Gasteiger partial charge in [-0.1, -0.05) is 25.1 Å². The molecule has 0 saturated carbocycles. The largest absolute Gasteiger partial charge is 0.425 e. The van der Waals surface area contributed by atoms with Crippen molar-refractivity contribution in [2.24, 2.45) is 0 Å².